The molecule has 6 nitrogen and oxygen atoms in total. The Balaban J connectivity index is 1.83. The molecule has 0 bridgehead atoms. The van der Waals surface area contributed by atoms with E-state index in [1.54, 1.807) is 6.21 Å². The maximum atomic E-state index is 12.5. The molecule has 1 atom stereocenters. The van der Waals surface area contributed by atoms with Crippen LogP contribution in [-0.2, 0) is 10.0 Å². The van der Waals surface area contributed by atoms with Gasteiger partial charge in [-0.2, -0.15) is 9.41 Å². The van der Waals surface area contributed by atoms with E-state index in [1.807, 2.05) is 0 Å². The number of amides is 1. The number of hydrogen-bond donors (Lipinski definition) is 1. The van der Waals surface area contributed by atoms with Gasteiger partial charge in [0, 0.05) is 24.9 Å². The second-order valence-electron chi connectivity index (χ2n) is 7.59. The second-order valence-corrected chi connectivity index (χ2v) is 9.53. The molecular weight excluding hydrogens is 374 g/mol. The van der Waals surface area contributed by atoms with Crippen LogP contribution in [0.4, 0.5) is 0 Å². The molecule has 1 saturated heterocycles. The van der Waals surface area contributed by atoms with Gasteiger partial charge in [-0.3, -0.25) is 4.79 Å². The fraction of sp³-hybridized carbons (Fsp3) is 0.524. The fourth-order valence-corrected chi connectivity index (χ4v) is 4.55. The summed E-state index contributed by atoms with van der Waals surface area (Å²) in [7, 11) is -3.46. The van der Waals surface area contributed by atoms with Crippen LogP contribution in [0.2, 0.25) is 0 Å². The number of benzene rings is 1. The van der Waals surface area contributed by atoms with Crippen LogP contribution >= 0.6 is 0 Å². The van der Waals surface area contributed by atoms with Crippen LogP contribution in [0.25, 0.3) is 0 Å². The van der Waals surface area contributed by atoms with Crippen molar-refractivity contribution in [3.05, 3.63) is 41.5 Å². The predicted molar refractivity (Wildman–Crippen MR) is 113 cm³/mol. The van der Waals surface area contributed by atoms with Gasteiger partial charge < -0.3 is 0 Å². The standard InChI is InChI=1S/C21H31N3O3S/c1-17(2)7-6-8-18(3)13-14-22-23-21(25)19-9-11-20(12-10-19)28(26,27)24-15-4-5-16-24/h7,9-12,14,18H,4-6,8,13,15-16H2,1-3H3,(H,23,25)/b22-14-/t18-/m0/s1. The van der Waals surface area contributed by atoms with Crippen LogP contribution in [0, 0.1) is 5.92 Å². The Morgan fingerprint density at radius 2 is 1.86 bits per heavy atom. The molecule has 7 heteroatoms. The predicted octanol–water partition coefficient (Wildman–Crippen LogP) is 3.96. The average molecular weight is 406 g/mol. The molecule has 1 aromatic rings. The summed E-state index contributed by atoms with van der Waals surface area (Å²) in [6, 6.07) is 6.01. The van der Waals surface area contributed by atoms with E-state index in [1.165, 1.54) is 34.1 Å². The maximum Gasteiger partial charge on any atom is 0.271 e. The third-order valence-corrected chi connectivity index (χ3v) is 6.71. The van der Waals surface area contributed by atoms with Gasteiger partial charge in [-0.25, -0.2) is 13.8 Å². The van der Waals surface area contributed by atoms with Crippen molar-refractivity contribution in [2.24, 2.45) is 11.0 Å². The van der Waals surface area contributed by atoms with Gasteiger partial charge in [0.2, 0.25) is 10.0 Å². The van der Waals surface area contributed by atoms with Crippen LogP contribution in [0.15, 0.2) is 45.9 Å². The number of carbonyl (C=O) groups is 1. The molecule has 154 valence electrons. The van der Waals surface area contributed by atoms with Crippen LogP contribution in [0.1, 0.15) is 63.2 Å². The molecule has 1 fully saturated rings. The normalized spacial score (nSPS) is 16.2. The first-order chi connectivity index (χ1) is 13.3. The number of hydrogen-bond acceptors (Lipinski definition) is 4. The van der Waals surface area contributed by atoms with Gasteiger partial charge >= 0.3 is 0 Å². The third kappa shape index (κ3) is 6.56. The SMILES string of the molecule is CC(C)=CCC[C@H](C)C/C=N\NC(=O)c1ccc(S(=O)(=O)N2CCCC2)cc1. The molecule has 1 amide bonds. The average Bonchev–Trinajstić information content (AvgIpc) is 3.20. The number of sulfonamides is 1. The zero-order valence-corrected chi connectivity index (χ0v) is 17.8. The minimum absolute atomic E-state index is 0.222. The summed E-state index contributed by atoms with van der Waals surface area (Å²) >= 11 is 0. The maximum absolute atomic E-state index is 12.5. The molecule has 0 unspecified atom stereocenters. The van der Waals surface area contributed by atoms with Crippen molar-refractivity contribution in [3.63, 3.8) is 0 Å². The van der Waals surface area contributed by atoms with Crippen LogP contribution in [-0.4, -0.2) is 37.9 Å². The van der Waals surface area contributed by atoms with Crippen molar-refractivity contribution in [1.29, 1.82) is 0 Å². The fourth-order valence-electron chi connectivity index (χ4n) is 3.03. The summed E-state index contributed by atoms with van der Waals surface area (Å²) < 4.78 is 26.5. The van der Waals surface area contributed by atoms with E-state index in [9.17, 15) is 13.2 Å². The molecule has 0 saturated carbocycles. The van der Waals surface area contributed by atoms with Gasteiger partial charge in [-0.05, 0) is 76.1 Å². The lowest BCUT2D eigenvalue weighted by molar-refractivity contribution is 0.0955. The van der Waals surface area contributed by atoms with Crippen molar-refractivity contribution < 1.29 is 13.2 Å². The smallest absolute Gasteiger partial charge is 0.267 e. The molecule has 0 aliphatic carbocycles. The highest BCUT2D eigenvalue weighted by Crippen LogP contribution is 2.21. The largest absolute Gasteiger partial charge is 0.271 e. The summed E-state index contributed by atoms with van der Waals surface area (Å²) in [5.41, 5.74) is 4.21. The van der Waals surface area contributed by atoms with Crippen molar-refractivity contribution in [1.82, 2.24) is 9.73 Å². The summed E-state index contributed by atoms with van der Waals surface area (Å²) in [5, 5.41) is 4.00. The molecule has 0 aromatic heterocycles. The molecule has 1 N–H and O–H groups in total. The number of nitrogens with one attached hydrogen (secondary N) is 1. The number of nitrogens with zero attached hydrogens (tertiary/aromatic N) is 2. The Labute approximate surface area is 168 Å². The summed E-state index contributed by atoms with van der Waals surface area (Å²) in [6.45, 7) is 7.47. The van der Waals surface area contributed by atoms with E-state index in [-0.39, 0.29) is 10.8 Å². The van der Waals surface area contributed by atoms with E-state index in [0.29, 0.717) is 24.6 Å². The number of rotatable bonds is 9. The Bertz CT molecular complexity index is 804. The second kappa shape index (κ2) is 10.5. The molecular formula is C21H31N3O3S. The summed E-state index contributed by atoms with van der Waals surface area (Å²) in [4.78, 5) is 12.4. The lowest BCUT2D eigenvalue weighted by Gasteiger charge is -2.15. The van der Waals surface area contributed by atoms with Crippen molar-refractivity contribution >= 4 is 22.1 Å². The summed E-state index contributed by atoms with van der Waals surface area (Å²) in [5.74, 6) is 0.143. The topological polar surface area (TPSA) is 78.8 Å². The van der Waals surface area contributed by atoms with Crippen LogP contribution in [0.5, 0.6) is 0 Å². The van der Waals surface area contributed by atoms with Crippen LogP contribution in [0.3, 0.4) is 0 Å². The molecule has 0 radical (unpaired) electrons. The highest BCUT2D eigenvalue weighted by Gasteiger charge is 2.27. The Morgan fingerprint density at radius 3 is 2.46 bits per heavy atom. The van der Waals surface area contributed by atoms with Crippen molar-refractivity contribution in [2.45, 2.75) is 57.8 Å². The van der Waals surface area contributed by atoms with Gasteiger partial charge in [0.25, 0.3) is 5.91 Å². The zero-order valence-electron chi connectivity index (χ0n) is 17.0. The monoisotopic (exact) mass is 405 g/mol. The Morgan fingerprint density at radius 1 is 1.21 bits per heavy atom. The van der Waals surface area contributed by atoms with Crippen LogP contribution < -0.4 is 5.43 Å². The quantitative estimate of drug-likeness (QED) is 0.384. The molecule has 28 heavy (non-hydrogen) atoms. The summed E-state index contributed by atoms with van der Waals surface area (Å²) in [6.07, 6.45) is 8.66. The number of allylic oxidation sites excluding steroid dienone is 2. The molecule has 2 rings (SSSR count). The Hall–Kier alpha value is -1.99. The molecule has 1 aliphatic heterocycles. The first-order valence-corrected chi connectivity index (χ1v) is 11.3. The van der Waals surface area contributed by atoms with E-state index in [2.05, 4.69) is 37.4 Å². The van der Waals surface area contributed by atoms with Gasteiger partial charge in [-0.15, -0.1) is 0 Å². The lowest BCUT2D eigenvalue weighted by Crippen LogP contribution is -2.28. The van der Waals surface area contributed by atoms with E-state index < -0.39 is 10.0 Å². The van der Waals surface area contributed by atoms with Gasteiger partial charge in [0.15, 0.2) is 0 Å². The van der Waals surface area contributed by atoms with E-state index >= 15 is 0 Å². The first-order valence-electron chi connectivity index (χ1n) is 9.86. The van der Waals surface area contributed by atoms with Gasteiger partial charge in [-0.1, -0.05) is 18.6 Å². The van der Waals surface area contributed by atoms with Gasteiger partial charge in [0.05, 0.1) is 4.90 Å². The minimum atomic E-state index is -3.46. The lowest BCUT2D eigenvalue weighted by atomic mass is 10.0. The number of carbonyl (C=O) groups excluding carboxylic acids is 1. The van der Waals surface area contributed by atoms with E-state index in [0.717, 1.165) is 32.1 Å². The van der Waals surface area contributed by atoms with Gasteiger partial charge in [0.1, 0.15) is 0 Å². The van der Waals surface area contributed by atoms with E-state index in [4.69, 9.17) is 0 Å². The zero-order chi connectivity index (χ0) is 20.6. The molecule has 1 heterocycles. The first kappa shape index (κ1) is 22.3. The minimum Gasteiger partial charge on any atom is -0.267 e. The molecule has 0 spiro atoms. The number of hydrazone groups is 1. The third-order valence-electron chi connectivity index (χ3n) is 4.80. The highest BCUT2D eigenvalue weighted by atomic mass is 32.2. The highest BCUT2D eigenvalue weighted by molar-refractivity contribution is 7.89. The molecule has 1 aliphatic rings. The van der Waals surface area contributed by atoms with Crippen molar-refractivity contribution in [2.75, 3.05) is 13.1 Å². The Kier molecular flexibility index (Phi) is 8.38. The van der Waals surface area contributed by atoms with Crippen molar-refractivity contribution in [3.8, 4) is 0 Å². The molecule has 1 aromatic carbocycles.